The van der Waals surface area contributed by atoms with Crippen LogP contribution in [0.15, 0.2) is 43.9 Å². The van der Waals surface area contributed by atoms with Crippen LogP contribution in [0.4, 0.5) is 4.79 Å². The molecule has 1 amide bonds. The zero-order chi connectivity index (χ0) is 9.68. The van der Waals surface area contributed by atoms with Gasteiger partial charge in [0.15, 0.2) is 0 Å². The van der Waals surface area contributed by atoms with E-state index in [-0.39, 0.29) is 6.03 Å². The molecular formula is C8H10N4O. The summed E-state index contributed by atoms with van der Waals surface area (Å²) in [4.78, 5) is 16.5. The van der Waals surface area contributed by atoms with Crippen molar-refractivity contribution in [2.24, 2.45) is 5.73 Å². The van der Waals surface area contributed by atoms with Crippen LogP contribution in [-0.2, 0) is 0 Å². The van der Waals surface area contributed by atoms with E-state index in [0.29, 0.717) is 0 Å². The van der Waals surface area contributed by atoms with Crippen LogP contribution in [0.5, 0.6) is 0 Å². The van der Waals surface area contributed by atoms with E-state index in [1.807, 2.05) is 0 Å². The number of nitrogens with two attached hydrogens (primary N) is 1. The summed E-state index contributed by atoms with van der Waals surface area (Å²) in [6.07, 6.45) is 8.51. The fourth-order valence-electron chi connectivity index (χ4n) is 0.801. The van der Waals surface area contributed by atoms with Gasteiger partial charge in [-0.05, 0) is 0 Å². The van der Waals surface area contributed by atoms with Crippen molar-refractivity contribution >= 4 is 6.03 Å². The Kier molecular flexibility index (Phi) is 2.86. The minimum atomic E-state index is -0.283. The van der Waals surface area contributed by atoms with Gasteiger partial charge < -0.3 is 5.73 Å². The molecule has 0 saturated carbocycles. The molecule has 0 bridgehead atoms. The van der Waals surface area contributed by atoms with E-state index >= 15 is 0 Å². The molecule has 0 aliphatic rings. The van der Waals surface area contributed by atoms with Crippen LogP contribution >= 0.6 is 0 Å². The Hall–Kier alpha value is -2.04. The molecule has 0 atom stereocenters. The molecule has 5 heteroatoms. The zero-order valence-electron chi connectivity index (χ0n) is 7.00. The van der Waals surface area contributed by atoms with Crippen LogP contribution in [0, 0.1) is 0 Å². The van der Waals surface area contributed by atoms with E-state index < -0.39 is 0 Å². The van der Waals surface area contributed by atoms with Crippen molar-refractivity contribution in [3.63, 3.8) is 0 Å². The fraction of sp³-hybridized carbons (Fsp3) is 0. The van der Waals surface area contributed by atoms with Gasteiger partial charge in [-0.25, -0.2) is 9.78 Å². The quantitative estimate of drug-likeness (QED) is 0.726. The molecule has 68 valence electrons. The predicted octanol–water partition coefficient (Wildman–Crippen LogP) is 0.727. The van der Waals surface area contributed by atoms with Gasteiger partial charge in [-0.3, -0.25) is 9.47 Å². The van der Waals surface area contributed by atoms with Crippen molar-refractivity contribution in [2.45, 2.75) is 0 Å². The van der Waals surface area contributed by atoms with Gasteiger partial charge in [-0.1, -0.05) is 6.58 Å². The van der Waals surface area contributed by atoms with E-state index in [4.69, 9.17) is 5.73 Å². The topological polar surface area (TPSA) is 64.2 Å². The Balaban J connectivity index is 2.82. The molecule has 13 heavy (non-hydrogen) atoms. The van der Waals surface area contributed by atoms with Crippen molar-refractivity contribution in [3.8, 4) is 0 Å². The van der Waals surface area contributed by atoms with Crippen LogP contribution < -0.4 is 5.73 Å². The largest absolute Gasteiger partial charge is 0.403 e. The number of carbonyl (C=O) groups excluding carboxylic acids is 1. The first kappa shape index (κ1) is 9.05. The SMILES string of the molecule is C=CN(/C=C\N)C(=O)n1ccnc1. The number of hydrogen-bond acceptors (Lipinski definition) is 3. The van der Waals surface area contributed by atoms with Gasteiger partial charge in [0.05, 0.1) is 0 Å². The summed E-state index contributed by atoms with van der Waals surface area (Å²) in [5.41, 5.74) is 5.15. The van der Waals surface area contributed by atoms with E-state index in [1.165, 1.54) is 40.6 Å². The lowest BCUT2D eigenvalue weighted by atomic mass is 10.6. The number of nitrogens with zero attached hydrogens (tertiary/aromatic N) is 3. The Morgan fingerprint density at radius 3 is 2.92 bits per heavy atom. The molecular weight excluding hydrogens is 168 g/mol. The maximum atomic E-state index is 11.5. The highest BCUT2D eigenvalue weighted by atomic mass is 16.2. The molecule has 0 saturated heterocycles. The van der Waals surface area contributed by atoms with Crippen molar-refractivity contribution in [1.29, 1.82) is 0 Å². The number of amides is 1. The first-order valence-electron chi connectivity index (χ1n) is 3.61. The lowest BCUT2D eigenvalue weighted by Gasteiger charge is -2.11. The van der Waals surface area contributed by atoms with Gasteiger partial charge in [-0.15, -0.1) is 0 Å². The molecule has 0 radical (unpaired) electrons. The molecule has 2 N–H and O–H groups in total. The van der Waals surface area contributed by atoms with Gasteiger partial charge in [0.1, 0.15) is 6.33 Å². The minimum absolute atomic E-state index is 0.283. The van der Waals surface area contributed by atoms with E-state index in [2.05, 4.69) is 11.6 Å². The lowest BCUT2D eigenvalue weighted by Crippen LogP contribution is -2.24. The molecule has 0 aliphatic heterocycles. The van der Waals surface area contributed by atoms with Crippen LogP contribution in [0.2, 0.25) is 0 Å². The van der Waals surface area contributed by atoms with Crippen molar-refractivity contribution in [3.05, 3.63) is 43.9 Å². The Morgan fingerprint density at radius 1 is 1.69 bits per heavy atom. The molecule has 5 nitrogen and oxygen atoms in total. The van der Waals surface area contributed by atoms with E-state index in [0.717, 1.165) is 0 Å². The molecule has 1 heterocycles. The standard InChI is InChI=1S/C8H10N4O/c1-2-11(5-3-9)8(13)12-6-4-10-7-12/h2-7H,1,9H2/b5-3-. The molecule has 0 unspecified atom stereocenters. The molecule has 0 spiro atoms. The Morgan fingerprint density at radius 2 is 2.46 bits per heavy atom. The predicted molar refractivity (Wildman–Crippen MR) is 48.4 cm³/mol. The fourth-order valence-corrected chi connectivity index (χ4v) is 0.801. The number of hydrogen-bond donors (Lipinski definition) is 1. The van der Waals surface area contributed by atoms with Crippen molar-refractivity contribution in [1.82, 2.24) is 14.5 Å². The average molecular weight is 178 g/mol. The maximum Gasteiger partial charge on any atom is 0.337 e. The third-order valence-corrected chi connectivity index (χ3v) is 1.39. The summed E-state index contributed by atoms with van der Waals surface area (Å²) >= 11 is 0. The molecule has 0 aliphatic carbocycles. The Bertz CT molecular complexity index is 315. The highest BCUT2D eigenvalue weighted by Gasteiger charge is 2.07. The summed E-state index contributed by atoms with van der Waals surface area (Å²) in [5, 5.41) is 0. The normalized spacial score (nSPS) is 10.2. The first-order valence-corrected chi connectivity index (χ1v) is 3.61. The summed E-state index contributed by atoms with van der Waals surface area (Å²) in [5.74, 6) is 0. The molecule has 1 aromatic rings. The van der Waals surface area contributed by atoms with Gasteiger partial charge in [0, 0.05) is 31.0 Å². The minimum Gasteiger partial charge on any atom is -0.403 e. The second kappa shape index (κ2) is 4.10. The first-order chi connectivity index (χ1) is 6.29. The summed E-state index contributed by atoms with van der Waals surface area (Å²) in [7, 11) is 0. The summed E-state index contributed by atoms with van der Waals surface area (Å²) in [6, 6.07) is -0.283. The van der Waals surface area contributed by atoms with Gasteiger partial charge in [-0.2, -0.15) is 0 Å². The zero-order valence-corrected chi connectivity index (χ0v) is 7.00. The number of carbonyl (C=O) groups is 1. The maximum absolute atomic E-state index is 11.5. The highest BCUT2D eigenvalue weighted by molar-refractivity contribution is 5.78. The monoisotopic (exact) mass is 178 g/mol. The number of rotatable bonds is 2. The Labute approximate surface area is 75.8 Å². The van der Waals surface area contributed by atoms with Crippen LogP contribution in [-0.4, -0.2) is 20.5 Å². The van der Waals surface area contributed by atoms with Crippen LogP contribution in [0.3, 0.4) is 0 Å². The number of aromatic nitrogens is 2. The smallest absolute Gasteiger partial charge is 0.337 e. The van der Waals surface area contributed by atoms with Crippen molar-refractivity contribution in [2.75, 3.05) is 0 Å². The third-order valence-electron chi connectivity index (χ3n) is 1.39. The second-order valence-electron chi connectivity index (χ2n) is 2.18. The number of imidazole rings is 1. The second-order valence-corrected chi connectivity index (χ2v) is 2.18. The summed E-state index contributed by atoms with van der Waals surface area (Å²) < 4.78 is 1.32. The average Bonchev–Trinajstić information content (AvgIpc) is 2.65. The van der Waals surface area contributed by atoms with E-state index in [9.17, 15) is 4.79 Å². The lowest BCUT2D eigenvalue weighted by molar-refractivity contribution is 0.228. The third kappa shape index (κ3) is 1.96. The molecule has 1 rings (SSSR count). The van der Waals surface area contributed by atoms with Crippen LogP contribution in [0.25, 0.3) is 0 Å². The molecule has 1 aromatic heterocycles. The van der Waals surface area contributed by atoms with Crippen LogP contribution in [0.1, 0.15) is 0 Å². The molecule has 0 fully saturated rings. The van der Waals surface area contributed by atoms with Crippen molar-refractivity contribution < 1.29 is 4.79 Å². The van der Waals surface area contributed by atoms with Gasteiger partial charge >= 0.3 is 6.03 Å². The summed E-state index contributed by atoms with van der Waals surface area (Å²) in [6.45, 7) is 3.48. The van der Waals surface area contributed by atoms with Gasteiger partial charge in [0.2, 0.25) is 0 Å². The highest BCUT2D eigenvalue weighted by Crippen LogP contribution is 1.96. The van der Waals surface area contributed by atoms with E-state index in [1.54, 1.807) is 6.20 Å². The molecule has 0 aromatic carbocycles. The van der Waals surface area contributed by atoms with Gasteiger partial charge in [0.25, 0.3) is 0 Å².